The van der Waals surface area contributed by atoms with Crippen LogP contribution in [0, 0.1) is 0 Å². The molecule has 0 bridgehead atoms. The lowest BCUT2D eigenvalue weighted by molar-refractivity contribution is 0.0950. The third-order valence-corrected chi connectivity index (χ3v) is 6.54. The summed E-state index contributed by atoms with van der Waals surface area (Å²) in [5, 5.41) is 2.80. The van der Waals surface area contributed by atoms with E-state index in [4.69, 9.17) is 0 Å². The summed E-state index contributed by atoms with van der Waals surface area (Å²) in [5.41, 5.74) is 2.94. The lowest BCUT2D eigenvalue weighted by Crippen LogP contribution is -2.29. The summed E-state index contributed by atoms with van der Waals surface area (Å²) in [4.78, 5) is 16.5. The van der Waals surface area contributed by atoms with Crippen molar-refractivity contribution in [1.29, 1.82) is 0 Å². The van der Waals surface area contributed by atoms with Crippen molar-refractivity contribution < 1.29 is 13.2 Å². The molecular weight excluding hydrogens is 374 g/mol. The van der Waals surface area contributed by atoms with Crippen LogP contribution in [0.25, 0.3) is 0 Å². The Kier molecular flexibility index (Phi) is 4.83. The lowest BCUT2D eigenvalue weighted by Gasteiger charge is -2.20. The maximum atomic E-state index is 13.1. The molecule has 1 N–H and O–H groups in total. The van der Waals surface area contributed by atoms with Gasteiger partial charge in [-0.05, 0) is 53.9 Å². The van der Waals surface area contributed by atoms with E-state index in [-0.39, 0.29) is 10.8 Å². The van der Waals surface area contributed by atoms with Gasteiger partial charge in [0.25, 0.3) is 15.9 Å². The Bertz CT molecular complexity index is 1110. The molecule has 1 aromatic heterocycles. The van der Waals surface area contributed by atoms with Gasteiger partial charge < -0.3 is 5.32 Å². The van der Waals surface area contributed by atoms with Gasteiger partial charge in [-0.25, -0.2) is 8.42 Å². The van der Waals surface area contributed by atoms with Gasteiger partial charge in [0.1, 0.15) is 0 Å². The number of pyridine rings is 1. The zero-order valence-corrected chi connectivity index (χ0v) is 15.9. The number of sulfonamides is 1. The number of carbonyl (C=O) groups is 1. The van der Waals surface area contributed by atoms with Gasteiger partial charge in [-0.15, -0.1) is 0 Å². The standard InChI is InChI=1S/C21H19N3O3S/c25-21(23-15-16-8-11-22-12-9-16)18-5-3-6-19(14-18)28(26,27)24-13-10-17-4-1-2-7-20(17)24/h1-9,11-12,14H,10,13,15H2,(H,23,25). The van der Waals surface area contributed by atoms with Crippen LogP contribution in [-0.2, 0) is 23.0 Å². The van der Waals surface area contributed by atoms with Crippen LogP contribution < -0.4 is 9.62 Å². The smallest absolute Gasteiger partial charge is 0.264 e. The van der Waals surface area contributed by atoms with Crippen molar-refractivity contribution >= 4 is 21.6 Å². The zero-order valence-electron chi connectivity index (χ0n) is 15.1. The minimum atomic E-state index is -3.73. The molecule has 142 valence electrons. The van der Waals surface area contributed by atoms with Crippen molar-refractivity contribution in [3.8, 4) is 0 Å². The summed E-state index contributed by atoms with van der Waals surface area (Å²) < 4.78 is 27.7. The fourth-order valence-corrected chi connectivity index (χ4v) is 4.82. The molecular formula is C21H19N3O3S. The fourth-order valence-electron chi connectivity index (χ4n) is 3.27. The molecule has 1 aliphatic heterocycles. The highest BCUT2D eigenvalue weighted by atomic mass is 32.2. The molecule has 0 saturated heterocycles. The molecule has 1 amide bonds. The Balaban J connectivity index is 1.56. The summed E-state index contributed by atoms with van der Waals surface area (Å²) in [7, 11) is -3.73. The molecule has 0 aliphatic carbocycles. The van der Waals surface area contributed by atoms with Crippen molar-refractivity contribution in [2.75, 3.05) is 10.8 Å². The first-order chi connectivity index (χ1) is 13.6. The van der Waals surface area contributed by atoms with Gasteiger partial charge in [-0.1, -0.05) is 24.3 Å². The second-order valence-electron chi connectivity index (χ2n) is 6.52. The minimum Gasteiger partial charge on any atom is -0.348 e. The van der Waals surface area contributed by atoms with Gasteiger partial charge in [0.15, 0.2) is 0 Å². The van der Waals surface area contributed by atoms with E-state index < -0.39 is 10.0 Å². The number of benzene rings is 2. The summed E-state index contributed by atoms with van der Waals surface area (Å²) >= 11 is 0. The van der Waals surface area contributed by atoms with Crippen molar-refractivity contribution in [1.82, 2.24) is 10.3 Å². The molecule has 0 spiro atoms. The number of nitrogens with one attached hydrogen (secondary N) is 1. The Morgan fingerprint density at radius 1 is 1.04 bits per heavy atom. The number of para-hydroxylation sites is 1. The molecule has 6 nitrogen and oxygen atoms in total. The molecule has 28 heavy (non-hydrogen) atoms. The fraction of sp³-hybridized carbons (Fsp3) is 0.143. The first kappa shape index (κ1) is 18.2. The summed E-state index contributed by atoms with van der Waals surface area (Å²) in [5.74, 6) is -0.323. The van der Waals surface area contributed by atoms with Crippen LogP contribution in [-0.4, -0.2) is 25.9 Å². The highest BCUT2D eigenvalue weighted by Crippen LogP contribution is 2.32. The van der Waals surface area contributed by atoms with Gasteiger partial charge >= 0.3 is 0 Å². The minimum absolute atomic E-state index is 0.112. The Morgan fingerprint density at radius 2 is 1.82 bits per heavy atom. The van der Waals surface area contributed by atoms with E-state index in [1.54, 1.807) is 24.5 Å². The van der Waals surface area contributed by atoms with Crippen LogP contribution in [0.2, 0.25) is 0 Å². The first-order valence-electron chi connectivity index (χ1n) is 8.93. The van der Waals surface area contributed by atoms with Crippen LogP contribution in [0.4, 0.5) is 5.69 Å². The van der Waals surface area contributed by atoms with Gasteiger partial charge in [0, 0.05) is 31.0 Å². The van der Waals surface area contributed by atoms with Crippen LogP contribution in [0.15, 0.2) is 78.0 Å². The SMILES string of the molecule is O=C(NCc1ccncc1)c1cccc(S(=O)(=O)N2CCc3ccccc32)c1. The van der Waals surface area contributed by atoms with E-state index in [0.717, 1.165) is 11.1 Å². The summed E-state index contributed by atoms with van der Waals surface area (Å²) in [6, 6.07) is 17.3. The van der Waals surface area contributed by atoms with Crippen LogP contribution in [0.5, 0.6) is 0 Å². The summed E-state index contributed by atoms with van der Waals surface area (Å²) in [6.07, 6.45) is 3.99. The lowest BCUT2D eigenvalue weighted by atomic mass is 10.2. The molecule has 0 unspecified atom stereocenters. The third-order valence-electron chi connectivity index (χ3n) is 4.73. The number of fused-ring (bicyclic) bond motifs is 1. The van der Waals surface area contributed by atoms with Gasteiger partial charge in [0.05, 0.1) is 10.6 Å². The highest BCUT2D eigenvalue weighted by Gasteiger charge is 2.30. The normalized spacial score (nSPS) is 13.2. The van der Waals surface area contributed by atoms with Gasteiger partial charge in [-0.2, -0.15) is 0 Å². The van der Waals surface area contributed by atoms with Crippen molar-refractivity contribution in [2.45, 2.75) is 17.9 Å². The molecule has 0 saturated carbocycles. The van der Waals surface area contributed by atoms with Crippen LogP contribution in [0.1, 0.15) is 21.5 Å². The molecule has 2 heterocycles. The number of amides is 1. The van der Waals surface area contributed by atoms with Gasteiger partial charge in [-0.3, -0.25) is 14.1 Å². The summed E-state index contributed by atoms with van der Waals surface area (Å²) in [6.45, 7) is 0.748. The molecule has 2 aromatic carbocycles. The second-order valence-corrected chi connectivity index (χ2v) is 8.38. The number of rotatable bonds is 5. The van der Waals surface area contributed by atoms with Crippen molar-refractivity contribution in [2.24, 2.45) is 0 Å². The monoisotopic (exact) mass is 393 g/mol. The van der Waals surface area contributed by atoms with E-state index in [1.165, 1.54) is 16.4 Å². The predicted molar refractivity (Wildman–Crippen MR) is 107 cm³/mol. The van der Waals surface area contributed by atoms with Gasteiger partial charge in [0.2, 0.25) is 0 Å². The quantitative estimate of drug-likeness (QED) is 0.723. The van der Waals surface area contributed by atoms with Crippen LogP contribution in [0.3, 0.4) is 0 Å². The molecule has 7 heteroatoms. The number of hydrogen-bond donors (Lipinski definition) is 1. The molecule has 0 radical (unpaired) electrons. The molecule has 1 aliphatic rings. The predicted octanol–water partition coefficient (Wildman–Crippen LogP) is 2.76. The van der Waals surface area contributed by atoms with E-state index in [0.29, 0.717) is 30.8 Å². The molecule has 0 atom stereocenters. The topological polar surface area (TPSA) is 79.4 Å². The molecule has 4 rings (SSSR count). The molecule has 3 aromatic rings. The number of carbonyl (C=O) groups excluding carboxylic acids is 1. The largest absolute Gasteiger partial charge is 0.348 e. The number of aromatic nitrogens is 1. The Morgan fingerprint density at radius 3 is 2.64 bits per heavy atom. The second kappa shape index (κ2) is 7.44. The molecule has 0 fully saturated rings. The van der Waals surface area contributed by atoms with E-state index in [9.17, 15) is 13.2 Å². The Labute approximate surface area is 163 Å². The van der Waals surface area contributed by atoms with Crippen molar-refractivity contribution in [3.05, 3.63) is 89.7 Å². The van der Waals surface area contributed by atoms with E-state index >= 15 is 0 Å². The first-order valence-corrected chi connectivity index (χ1v) is 10.4. The van der Waals surface area contributed by atoms with Crippen molar-refractivity contribution in [3.63, 3.8) is 0 Å². The van der Waals surface area contributed by atoms with E-state index in [1.807, 2.05) is 36.4 Å². The Hall–Kier alpha value is -3.19. The number of anilines is 1. The third kappa shape index (κ3) is 3.48. The number of nitrogens with zero attached hydrogens (tertiary/aromatic N) is 2. The maximum absolute atomic E-state index is 13.1. The van der Waals surface area contributed by atoms with E-state index in [2.05, 4.69) is 10.3 Å². The average molecular weight is 393 g/mol. The maximum Gasteiger partial charge on any atom is 0.264 e. The zero-order chi connectivity index (χ0) is 19.6. The number of hydrogen-bond acceptors (Lipinski definition) is 4. The van der Waals surface area contributed by atoms with Crippen LogP contribution >= 0.6 is 0 Å². The average Bonchev–Trinajstić information content (AvgIpc) is 3.18. The highest BCUT2D eigenvalue weighted by molar-refractivity contribution is 7.92.